The Kier molecular flexibility index (Phi) is 4.86. The predicted molar refractivity (Wildman–Crippen MR) is 97.5 cm³/mol. The van der Waals surface area contributed by atoms with E-state index in [0.29, 0.717) is 17.9 Å². The van der Waals surface area contributed by atoms with Gasteiger partial charge >= 0.3 is 0 Å². The van der Waals surface area contributed by atoms with Crippen LogP contribution < -0.4 is 18.9 Å². The second kappa shape index (κ2) is 7.07. The Morgan fingerprint density at radius 3 is 2.52 bits per heavy atom. The quantitative estimate of drug-likeness (QED) is 0.705. The first kappa shape index (κ1) is 17.2. The molecule has 4 rings (SSSR count). The summed E-state index contributed by atoms with van der Waals surface area (Å²) in [5.41, 5.74) is 2.10. The van der Waals surface area contributed by atoms with Gasteiger partial charge in [0.05, 0.1) is 19.9 Å². The minimum absolute atomic E-state index is 0. The third-order valence-electron chi connectivity index (χ3n) is 4.16. The third-order valence-corrected chi connectivity index (χ3v) is 4.16. The average molecular weight is 360 g/mol. The topological polar surface area (TPSA) is 49.8 Å². The molecule has 0 N–H and O–H groups in total. The minimum atomic E-state index is 0. The van der Waals surface area contributed by atoms with Crippen LogP contribution in [-0.2, 0) is 6.42 Å². The van der Waals surface area contributed by atoms with Crippen LogP contribution in [0.2, 0.25) is 0 Å². The van der Waals surface area contributed by atoms with Crippen molar-refractivity contribution in [2.24, 2.45) is 0 Å². The normalized spacial score (nSPS) is 11.9. The minimum Gasteiger partial charge on any atom is -0.493 e. The first-order valence-corrected chi connectivity index (χ1v) is 7.66. The summed E-state index contributed by atoms with van der Waals surface area (Å²) in [6, 6.07) is 11.9. The number of aromatic nitrogens is 1. The Labute approximate surface area is 151 Å². The highest BCUT2D eigenvalue weighted by molar-refractivity contribution is 5.88. The average Bonchev–Trinajstić information content (AvgIpc) is 3.08. The highest BCUT2D eigenvalue weighted by Crippen LogP contribution is 2.35. The molecule has 2 heterocycles. The number of fused-ring (bicyclic) bond motifs is 2. The molecule has 2 aromatic carbocycles. The number of rotatable bonds is 4. The molecule has 5 nitrogen and oxygen atoms in total. The Morgan fingerprint density at radius 1 is 0.960 bits per heavy atom. The van der Waals surface area contributed by atoms with E-state index < -0.39 is 0 Å². The molecule has 0 aliphatic carbocycles. The Hall–Kier alpha value is -2.66. The second-order valence-corrected chi connectivity index (χ2v) is 5.55. The van der Waals surface area contributed by atoms with Gasteiger partial charge in [0.15, 0.2) is 23.0 Å². The van der Waals surface area contributed by atoms with Crippen LogP contribution in [0.3, 0.4) is 0 Å². The van der Waals surface area contributed by atoms with Crippen molar-refractivity contribution in [2.45, 2.75) is 6.42 Å². The molecular formula is C19H18ClNO4. The van der Waals surface area contributed by atoms with Crippen molar-refractivity contribution in [1.82, 2.24) is 4.98 Å². The van der Waals surface area contributed by atoms with Crippen LogP contribution in [0.15, 0.2) is 42.6 Å². The molecule has 0 fully saturated rings. The fourth-order valence-electron chi connectivity index (χ4n) is 2.94. The number of methoxy groups -OCH3 is 2. The molecular weight excluding hydrogens is 342 g/mol. The molecule has 0 radical (unpaired) electrons. The standard InChI is InChI=1S/C19H17NO4.ClH/c1-21-17-9-13-5-6-20-15(14(13)10-18(17)22-2)7-12-3-4-16-19(8-12)24-11-23-16;/h3-6,8-10H,7,11H2,1-2H3;1H. The van der Waals surface area contributed by atoms with E-state index >= 15 is 0 Å². The fourth-order valence-corrected chi connectivity index (χ4v) is 2.94. The number of nitrogens with zero attached hydrogens (tertiary/aromatic N) is 1. The van der Waals surface area contributed by atoms with Crippen LogP contribution in [0.5, 0.6) is 23.0 Å². The molecule has 1 aliphatic rings. The molecule has 1 aromatic heterocycles. The van der Waals surface area contributed by atoms with Gasteiger partial charge in [0.2, 0.25) is 6.79 Å². The Bertz CT molecular complexity index is 913. The van der Waals surface area contributed by atoms with Crippen LogP contribution >= 0.6 is 12.4 Å². The van der Waals surface area contributed by atoms with Crippen LogP contribution in [0.25, 0.3) is 10.8 Å². The maximum absolute atomic E-state index is 5.45. The maximum atomic E-state index is 5.45. The van der Waals surface area contributed by atoms with Crippen molar-refractivity contribution in [3.8, 4) is 23.0 Å². The van der Waals surface area contributed by atoms with E-state index in [-0.39, 0.29) is 19.2 Å². The number of halogens is 1. The molecule has 0 amide bonds. The zero-order valence-electron chi connectivity index (χ0n) is 13.9. The van der Waals surface area contributed by atoms with E-state index in [9.17, 15) is 0 Å². The first-order chi connectivity index (χ1) is 11.8. The van der Waals surface area contributed by atoms with E-state index in [4.69, 9.17) is 18.9 Å². The smallest absolute Gasteiger partial charge is 0.231 e. The van der Waals surface area contributed by atoms with Gasteiger partial charge in [0.1, 0.15) is 0 Å². The predicted octanol–water partition coefficient (Wildman–Crippen LogP) is 3.99. The summed E-state index contributed by atoms with van der Waals surface area (Å²) in [7, 11) is 3.27. The summed E-state index contributed by atoms with van der Waals surface area (Å²) in [5.74, 6) is 2.98. The van der Waals surface area contributed by atoms with Gasteiger partial charge in [-0.2, -0.15) is 0 Å². The summed E-state index contributed by atoms with van der Waals surface area (Å²) in [6.07, 6.45) is 2.51. The zero-order valence-corrected chi connectivity index (χ0v) is 14.8. The maximum Gasteiger partial charge on any atom is 0.231 e. The van der Waals surface area contributed by atoms with Crippen LogP contribution in [-0.4, -0.2) is 26.0 Å². The highest BCUT2D eigenvalue weighted by atomic mass is 35.5. The van der Waals surface area contributed by atoms with Crippen molar-refractivity contribution in [2.75, 3.05) is 21.0 Å². The number of benzene rings is 2. The van der Waals surface area contributed by atoms with Crippen LogP contribution in [0.4, 0.5) is 0 Å². The summed E-state index contributed by atoms with van der Waals surface area (Å²) in [5, 5.41) is 2.12. The summed E-state index contributed by atoms with van der Waals surface area (Å²) < 4.78 is 21.6. The van der Waals surface area contributed by atoms with E-state index in [1.807, 2.05) is 42.6 Å². The van der Waals surface area contributed by atoms with E-state index in [0.717, 1.165) is 33.5 Å². The van der Waals surface area contributed by atoms with Gasteiger partial charge in [-0.3, -0.25) is 4.98 Å². The van der Waals surface area contributed by atoms with E-state index in [1.54, 1.807) is 14.2 Å². The molecule has 0 spiro atoms. The van der Waals surface area contributed by atoms with Gasteiger partial charge in [-0.1, -0.05) is 6.07 Å². The van der Waals surface area contributed by atoms with Crippen molar-refractivity contribution >= 4 is 23.2 Å². The molecule has 0 saturated carbocycles. The molecule has 0 saturated heterocycles. The molecule has 0 bridgehead atoms. The van der Waals surface area contributed by atoms with Gasteiger partial charge in [-0.15, -0.1) is 12.4 Å². The van der Waals surface area contributed by atoms with Crippen molar-refractivity contribution < 1.29 is 18.9 Å². The number of hydrogen-bond acceptors (Lipinski definition) is 5. The summed E-state index contributed by atoms with van der Waals surface area (Å²) >= 11 is 0. The Balaban J connectivity index is 0.00000182. The van der Waals surface area contributed by atoms with Crippen molar-refractivity contribution in [1.29, 1.82) is 0 Å². The summed E-state index contributed by atoms with van der Waals surface area (Å²) in [6.45, 7) is 0.280. The molecule has 1 aliphatic heterocycles. The molecule has 130 valence electrons. The van der Waals surface area contributed by atoms with Crippen molar-refractivity contribution in [3.05, 3.63) is 53.9 Å². The molecule has 0 atom stereocenters. The Morgan fingerprint density at radius 2 is 1.72 bits per heavy atom. The van der Waals surface area contributed by atoms with Crippen LogP contribution in [0.1, 0.15) is 11.3 Å². The van der Waals surface area contributed by atoms with Gasteiger partial charge in [-0.05, 0) is 41.3 Å². The molecule has 6 heteroatoms. The van der Waals surface area contributed by atoms with E-state index in [1.165, 1.54) is 0 Å². The molecule has 25 heavy (non-hydrogen) atoms. The lowest BCUT2D eigenvalue weighted by molar-refractivity contribution is 0.174. The lowest BCUT2D eigenvalue weighted by Crippen LogP contribution is -1.96. The fraction of sp³-hybridized carbons (Fsp3) is 0.211. The first-order valence-electron chi connectivity index (χ1n) is 7.66. The highest BCUT2D eigenvalue weighted by Gasteiger charge is 2.15. The van der Waals surface area contributed by atoms with Gasteiger partial charge in [0.25, 0.3) is 0 Å². The van der Waals surface area contributed by atoms with E-state index in [2.05, 4.69) is 4.98 Å². The summed E-state index contributed by atoms with van der Waals surface area (Å²) in [4.78, 5) is 4.56. The second-order valence-electron chi connectivity index (χ2n) is 5.55. The van der Waals surface area contributed by atoms with Gasteiger partial charge in [0, 0.05) is 18.0 Å². The SMILES string of the molecule is COc1cc2ccnc(Cc3ccc4c(c3)OCO4)c2cc1OC.Cl. The number of ether oxygens (including phenoxy) is 4. The van der Waals surface area contributed by atoms with Gasteiger partial charge in [-0.25, -0.2) is 0 Å². The lowest BCUT2D eigenvalue weighted by Gasteiger charge is -2.11. The number of hydrogen-bond donors (Lipinski definition) is 0. The molecule has 3 aromatic rings. The third kappa shape index (κ3) is 3.15. The molecule has 0 unspecified atom stereocenters. The van der Waals surface area contributed by atoms with Crippen LogP contribution in [0, 0.1) is 0 Å². The van der Waals surface area contributed by atoms with Gasteiger partial charge < -0.3 is 18.9 Å². The largest absolute Gasteiger partial charge is 0.493 e. The lowest BCUT2D eigenvalue weighted by atomic mass is 10.0. The number of pyridine rings is 1. The zero-order chi connectivity index (χ0) is 16.5. The monoisotopic (exact) mass is 359 g/mol. The van der Waals surface area contributed by atoms with Crippen molar-refractivity contribution in [3.63, 3.8) is 0 Å².